The van der Waals surface area contributed by atoms with E-state index in [1.54, 1.807) is 11.3 Å². The van der Waals surface area contributed by atoms with E-state index in [1.807, 2.05) is 5.38 Å². The van der Waals surface area contributed by atoms with E-state index in [4.69, 9.17) is 11.6 Å². The zero-order valence-corrected chi connectivity index (χ0v) is 7.71. The fourth-order valence-corrected chi connectivity index (χ4v) is 2.63. The molecule has 0 aliphatic carbocycles. The molecule has 2 heterocycles. The van der Waals surface area contributed by atoms with Crippen molar-refractivity contribution in [3.63, 3.8) is 0 Å². The van der Waals surface area contributed by atoms with E-state index in [0.717, 1.165) is 11.6 Å². The van der Waals surface area contributed by atoms with E-state index in [9.17, 15) is 0 Å². The predicted octanol–water partition coefficient (Wildman–Crippen LogP) is 2.83. The molecular weight excluding hydrogens is 178 g/mol. The van der Waals surface area contributed by atoms with Gasteiger partial charge in [0.15, 0.2) is 0 Å². The van der Waals surface area contributed by atoms with Crippen molar-refractivity contribution in [3.8, 4) is 0 Å². The molecule has 1 aromatic heterocycles. The molecule has 1 nitrogen and oxygen atoms in total. The Balaban J connectivity index is 2.15. The van der Waals surface area contributed by atoms with Gasteiger partial charge >= 0.3 is 0 Å². The van der Waals surface area contributed by atoms with Crippen molar-refractivity contribution in [2.24, 2.45) is 0 Å². The summed E-state index contributed by atoms with van der Waals surface area (Å²) >= 11 is 7.57. The average molecular weight is 188 g/mol. The predicted molar refractivity (Wildman–Crippen MR) is 49.3 cm³/mol. The molecule has 0 radical (unpaired) electrons. The van der Waals surface area contributed by atoms with Crippen LogP contribution >= 0.6 is 22.9 Å². The maximum Gasteiger partial charge on any atom is 0.0516 e. The Kier molecular flexibility index (Phi) is 2.16. The van der Waals surface area contributed by atoms with Gasteiger partial charge in [-0.25, -0.2) is 0 Å². The summed E-state index contributed by atoms with van der Waals surface area (Å²) < 4.78 is 0. The van der Waals surface area contributed by atoms with Crippen LogP contribution in [0.25, 0.3) is 0 Å². The van der Waals surface area contributed by atoms with E-state index < -0.39 is 0 Å². The summed E-state index contributed by atoms with van der Waals surface area (Å²) in [6, 6.07) is 2.64. The van der Waals surface area contributed by atoms with E-state index in [0.29, 0.717) is 6.04 Å². The molecule has 0 aromatic carbocycles. The van der Waals surface area contributed by atoms with E-state index in [-0.39, 0.29) is 0 Å². The minimum absolute atomic E-state index is 0.576. The zero-order chi connectivity index (χ0) is 7.68. The van der Waals surface area contributed by atoms with Crippen molar-refractivity contribution >= 4 is 22.9 Å². The summed E-state index contributed by atoms with van der Waals surface area (Å²) in [7, 11) is 0. The normalized spacial score (nSPS) is 24.3. The van der Waals surface area contributed by atoms with E-state index in [2.05, 4.69) is 11.4 Å². The van der Waals surface area contributed by atoms with Crippen molar-refractivity contribution in [3.05, 3.63) is 21.3 Å². The van der Waals surface area contributed by atoms with Gasteiger partial charge in [0.1, 0.15) is 0 Å². The summed E-state index contributed by atoms with van der Waals surface area (Å²) in [4.78, 5) is 1.38. The molecule has 0 amide bonds. The minimum Gasteiger partial charge on any atom is -0.309 e. The number of halogens is 1. The second-order valence-corrected chi connectivity index (χ2v) is 4.20. The van der Waals surface area contributed by atoms with Crippen LogP contribution in [-0.4, -0.2) is 6.54 Å². The number of rotatable bonds is 1. The first-order chi connectivity index (χ1) is 5.36. The number of hydrogen-bond acceptors (Lipinski definition) is 2. The molecule has 1 aliphatic rings. The van der Waals surface area contributed by atoms with Crippen molar-refractivity contribution in [2.75, 3.05) is 6.54 Å². The minimum atomic E-state index is 0.576. The highest BCUT2D eigenvalue weighted by molar-refractivity contribution is 7.10. The molecule has 0 unspecified atom stereocenters. The lowest BCUT2D eigenvalue weighted by molar-refractivity contribution is 0.660. The van der Waals surface area contributed by atoms with E-state index >= 15 is 0 Å². The molecule has 3 heteroatoms. The summed E-state index contributed by atoms with van der Waals surface area (Å²) in [5, 5.41) is 6.31. The molecule has 1 saturated heterocycles. The Morgan fingerprint density at radius 2 is 2.55 bits per heavy atom. The van der Waals surface area contributed by atoms with Gasteiger partial charge in [0.05, 0.1) is 5.02 Å². The molecule has 0 spiro atoms. The van der Waals surface area contributed by atoms with Gasteiger partial charge in [0, 0.05) is 16.3 Å². The van der Waals surface area contributed by atoms with Gasteiger partial charge < -0.3 is 5.32 Å². The largest absolute Gasteiger partial charge is 0.309 e. The third kappa shape index (κ3) is 1.58. The van der Waals surface area contributed by atoms with Crippen LogP contribution < -0.4 is 5.32 Å². The summed E-state index contributed by atoms with van der Waals surface area (Å²) in [5.74, 6) is 0. The second-order valence-electron chi connectivity index (χ2n) is 2.82. The van der Waals surface area contributed by atoms with Gasteiger partial charge in [-0.15, -0.1) is 11.3 Å². The smallest absolute Gasteiger partial charge is 0.0516 e. The molecule has 60 valence electrons. The fraction of sp³-hybridized carbons (Fsp3) is 0.500. The molecule has 2 rings (SSSR count). The highest BCUT2D eigenvalue weighted by Gasteiger charge is 2.17. The first-order valence-corrected chi connectivity index (χ1v) is 5.09. The van der Waals surface area contributed by atoms with Gasteiger partial charge in [-0.3, -0.25) is 0 Å². The Hall–Kier alpha value is -0.0500. The lowest BCUT2D eigenvalue weighted by atomic mass is 10.2. The third-order valence-corrected chi connectivity index (χ3v) is 3.39. The maximum absolute atomic E-state index is 5.82. The lowest BCUT2D eigenvalue weighted by Gasteiger charge is -2.05. The van der Waals surface area contributed by atoms with Crippen molar-refractivity contribution in [1.29, 1.82) is 0 Å². The van der Waals surface area contributed by atoms with Crippen molar-refractivity contribution < 1.29 is 0 Å². The molecule has 1 aromatic rings. The van der Waals surface area contributed by atoms with Crippen molar-refractivity contribution in [2.45, 2.75) is 18.9 Å². The van der Waals surface area contributed by atoms with Crippen molar-refractivity contribution in [1.82, 2.24) is 5.32 Å². The Bertz CT molecular complexity index is 240. The summed E-state index contributed by atoms with van der Waals surface area (Å²) in [6.45, 7) is 1.15. The van der Waals surface area contributed by atoms with Gasteiger partial charge in [-0.05, 0) is 25.5 Å². The van der Waals surface area contributed by atoms with Crippen LogP contribution in [0.2, 0.25) is 5.02 Å². The fourth-order valence-electron chi connectivity index (χ4n) is 1.44. The topological polar surface area (TPSA) is 12.0 Å². The first-order valence-electron chi connectivity index (χ1n) is 3.83. The molecule has 11 heavy (non-hydrogen) atoms. The number of nitrogens with one attached hydrogen (secondary N) is 1. The highest BCUT2D eigenvalue weighted by atomic mass is 35.5. The van der Waals surface area contributed by atoms with Gasteiger partial charge in [-0.1, -0.05) is 11.6 Å². The summed E-state index contributed by atoms with van der Waals surface area (Å²) in [5.41, 5.74) is 0. The lowest BCUT2D eigenvalue weighted by Crippen LogP contribution is -2.11. The van der Waals surface area contributed by atoms with Gasteiger partial charge in [0.25, 0.3) is 0 Å². The molecule has 1 atom stereocenters. The van der Waals surface area contributed by atoms with Crippen LogP contribution in [0.1, 0.15) is 23.8 Å². The number of thiophene rings is 1. The molecule has 1 aliphatic heterocycles. The standard InChI is InChI=1S/C8H10ClNS/c9-6-4-8(11-5-6)7-2-1-3-10-7/h4-5,7,10H,1-3H2/t7-/m0/s1. The molecule has 0 saturated carbocycles. The van der Waals surface area contributed by atoms with Gasteiger partial charge in [0.2, 0.25) is 0 Å². The zero-order valence-electron chi connectivity index (χ0n) is 6.14. The van der Waals surface area contributed by atoms with Crippen LogP contribution in [-0.2, 0) is 0 Å². The quantitative estimate of drug-likeness (QED) is 0.713. The Labute approximate surface area is 75.4 Å². The van der Waals surface area contributed by atoms with Crippen LogP contribution in [0.5, 0.6) is 0 Å². The SMILES string of the molecule is Clc1csc([C@@H]2CCCN2)c1. The second kappa shape index (κ2) is 3.13. The molecular formula is C8H10ClNS. The summed E-state index contributed by atoms with van der Waals surface area (Å²) in [6.07, 6.45) is 2.55. The third-order valence-electron chi connectivity index (χ3n) is 1.99. The van der Waals surface area contributed by atoms with Crippen LogP contribution in [0.15, 0.2) is 11.4 Å². The van der Waals surface area contributed by atoms with Gasteiger partial charge in [-0.2, -0.15) is 0 Å². The van der Waals surface area contributed by atoms with E-state index in [1.165, 1.54) is 17.7 Å². The maximum atomic E-state index is 5.82. The average Bonchev–Trinajstić information content (AvgIpc) is 2.55. The molecule has 1 N–H and O–H groups in total. The molecule has 0 bridgehead atoms. The van der Waals surface area contributed by atoms with Crippen LogP contribution in [0, 0.1) is 0 Å². The number of hydrogen-bond donors (Lipinski definition) is 1. The van der Waals surface area contributed by atoms with Crippen LogP contribution in [0.4, 0.5) is 0 Å². The Morgan fingerprint density at radius 3 is 3.09 bits per heavy atom. The molecule has 1 fully saturated rings. The Morgan fingerprint density at radius 1 is 1.64 bits per heavy atom. The highest BCUT2D eigenvalue weighted by Crippen LogP contribution is 2.30. The monoisotopic (exact) mass is 187 g/mol. The van der Waals surface area contributed by atoms with Crippen LogP contribution in [0.3, 0.4) is 0 Å². The first kappa shape index (κ1) is 7.59.